The quantitative estimate of drug-likeness (QED) is 0.888. The lowest BCUT2D eigenvalue weighted by atomic mass is 10.1. The average molecular weight is 331 g/mol. The summed E-state index contributed by atoms with van der Waals surface area (Å²) < 4.78 is 1.94. The van der Waals surface area contributed by atoms with Crippen molar-refractivity contribution in [3.63, 3.8) is 0 Å². The van der Waals surface area contributed by atoms with Gasteiger partial charge in [-0.2, -0.15) is 16.9 Å². The summed E-state index contributed by atoms with van der Waals surface area (Å²) >= 11 is 1.97. The van der Waals surface area contributed by atoms with Crippen LogP contribution in [0.15, 0.2) is 12.3 Å². The molecule has 0 saturated carbocycles. The summed E-state index contributed by atoms with van der Waals surface area (Å²) in [6.45, 7) is 2.04. The van der Waals surface area contributed by atoms with Crippen molar-refractivity contribution in [3.05, 3.63) is 18.0 Å². The maximum atomic E-state index is 12.2. The molecule has 2 N–H and O–H groups in total. The second-order valence-electron chi connectivity index (χ2n) is 5.54. The highest BCUT2D eigenvalue weighted by Gasteiger charge is 2.20. The molecule has 0 radical (unpaired) electrons. The van der Waals surface area contributed by atoms with E-state index in [-0.39, 0.29) is 18.3 Å². The van der Waals surface area contributed by atoms with Gasteiger partial charge in [-0.15, -0.1) is 12.4 Å². The first-order valence-corrected chi connectivity index (χ1v) is 8.63. The van der Waals surface area contributed by atoms with Crippen molar-refractivity contribution in [2.24, 2.45) is 0 Å². The van der Waals surface area contributed by atoms with E-state index in [9.17, 15) is 4.79 Å². The first-order chi connectivity index (χ1) is 9.83. The fourth-order valence-corrected chi connectivity index (χ4v) is 3.93. The van der Waals surface area contributed by atoms with E-state index in [2.05, 4.69) is 15.7 Å². The molecule has 3 heterocycles. The van der Waals surface area contributed by atoms with E-state index in [1.807, 2.05) is 28.7 Å². The molecule has 0 aromatic carbocycles. The van der Waals surface area contributed by atoms with Gasteiger partial charge in [0.25, 0.3) is 5.91 Å². The van der Waals surface area contributed by atoms with Gasteiger partial charge in [-0.1, -0.05) is 0 Å². The first-order valence-electron chi connectivity index (χ1n) is 7.47. The van der Waals surface area contributed by atoms with Crippen LogP contribution in [0.2, 0.25) is 0 Å². The maximum absolute atomic E-state index is 12.2. The standard InChI is InChI=1S/C14H22N4OS.ClH/c19-14(16-11-4-8-20-9-5-11)13-3-7-18(17-13)12-2-1-6-15-10-12;/h3,7,11-12,15H,1-2,4-6,8-10H2,(H,16,19);1H. The molecule has 1 aromatic rings. The zero-order chi connectivity index (χ0) is 13.8. The van der Waals surface area contributed by atoms with E-state index < -0.39 is 0 Å². The number of halogens is 1. The zero-order valence-electron chi connectivity index (χ0n) is 12.1. The predicted octanol–water partition coefficient (Wildman–Crippen LogP) is 1.85. The molecule has 0 aliphatic carbocycles. The second-order valence-corrected chi connectivity index (χ2v) is 6.77. The molecule has 3 rings (SSSR count). The average Bonchev–Trinajstić information content (AvgIpc) is 2.99. The number of hydrogen-bond acceptors (Lipinski definition) is 4. The molecule has 2 aliphatic rings. The van der Waals surface area contributed by atoms with Crippen molar-refractivity contribution >= 4 is 30.1 Å². The molecule has 1 atom stereocenters. The van der Waals surface area contributed by atoms with Gasteiger partial charge in [-0.3, -0.25) is 9.48 Å². The summed E-state index contributed by atoms with van der Waals surface area (Å²) in [5, 5.41) is 10.9. The van der Waals surface area contributed by atoms with Crippen molar-refractivity contribution in [1.82, 2.24) is 20.4 Å². The number of nitrogens with one attached hydrogen (secondary N) is 2. The number of hydrogen-bond donors (Lipinski definition) is 2. The van der Waals surface area contributed by atoms with E-state index in [0.29, 0.717) is 17.8 Å². The smallest absolute Gasteiger partial charge is 0.271 e. The lowest BCUT2D eigenvalue weighted by Gasteiger charge is -2.23. The number of nitrogens with zero attached hydrogens (tertiary/aromatic N) is 2. The Hall–Kier alpha value is -0.720. The molecule has 1 amide bonds. The highest BCUT2D eigenvalue weighted by atomic mass is 35.5. The predicted molar refractivity (Wildman–Crippen MR) is 88.4 cm³/mol. The fourth-order valence-electron chi connectivity index (χ4n) is 2.82. The number of carbonyl (C=O) groups excluding carboxylic acids is 1. The number of aromatic nitrogens is 2. The van der Waals surface area contributed by atoms with Crippen molar-refractivity contribution < 1.29 is 4.79 Å². The Kier molecular flexibility index (Phi) is 6.39. The summed E-state index contributed by atoms with van der Waals surface area (Å²) in [7, 11) is 0. The second kappa shape index (κ2) is 8.06. The molecule has 21 heavy (non-hydrogen) atoms. The Morgan fingerprint density at radius 1 is 1.38 bits per heavy atom. The molecule has 7 heteroatoms. The first kappa shape index (κ1) is 16.6. The molecule has 2 saturated heterocycles. The van der Waals surface area contributed by atoms with Crippen LogP contribution in [-0.4, -0.2) is 46.3 Å². The maximum Gasteiger partial charge on any atom is 0.271 e. The molecule has 2 aliphatic heterocycles. The van der Waals surface area contributed by atoms with Crippen molar-refractivity contribution in [2.45, 2.75) is 37.8 Å². The van der Waals surface area contributed by atoms with Gasteiger partial charge in [-0.05, 0) is 49.8 Å². The van der Waals surface area contributed by atoms with E-state index >= 15 is 0 Å². The van der Waals surface area contributed by atoms with Crippen LogP contribution in [0.1, 0.15) is 42.2 Å². The van der Waals surface area contributed by atoms with Crippen LogP contribution < -0.4 is 10.6 Å². The SMILES string of the molecule is Cl.O=C(NC1CCSCC1)c1ccn(C2CCCNC2)n1. The lowest BCUT2D eigenvalue weighted by molar-refractivity contribution is 0.0928. The van der Waals surface area contributed by atoms with Gasteiger partial charge in [0.15, 0.2) is 0 Å². The normalized spacial score (nSPS) is 23.3. The molecule has 0 bridgehead atoms. The van der Waals surface area contributed by atoms with Gasteiger partial charge >= 0.3 is 0 Å². The van der Waals surface area contributed by atoms with Crippen molar-refractivity contribution in [3.8, 4) is 0 Å². The minimum Gasteiger partial charge on any atom is -0.348 e. The molecular weight excluding hydrogens is 308 g/mol. The molecule has 1 unspecified atom stereocenters. The molecule has 5 nitrogen and oxygen atoms in total. The van der Waals surface area contributed by atoms with E-state index in [0.717, 1.165) is 43.9 Å². The third-order valence-corrected chi connectivity index (χ3v) is 5.09. The van der Waals surface area contributed by atoms with Gasteiger partial charge < -0.3 is 10.6 Å². The summed E-state index contributed by atoms with van der Waals surface area (Å²) in [5.41, 5.74) is 0.550. The third kappa shape index (κ3) is 4.37. The summed E-state index contributed by atoms with van der Waals surface area (Å²) in [5.74, 6) is 2.27. The van der Waals surface area contributed by atoms with Crippen LogP contribution in [0.3, 0.4) is 0 Å². The van der Waals surface area contributed by atoms with E-state index in [1.165, 1.54) is 6.42 Å². The number of thioether (sulfide) groups is 1. The van der Waals surface area contributed by atoms with Gasteiger partial charge in [0.1, 0.15) is 5.69 Å². The number of carbonyl (C=O) groups is 1. The minimum atomic E-state index is -0.0237. The van der Waals surface area contributed by atoms with Gasteiger partial charge in [-0.25, -0.2) is 0 Å². The zero-order valence-corrected chi connectivity index (χ0v) is 13.7. The third-order valence-electron chi connectivity index (χ3n) is 4.04. The summed E-state index contributed by atoms with van der Waals surface area (Å²) in [4.78, 5) is 12.2. The topological polar surface area (TPSA) is 59.0 Å². The molecule has 1 aromatic heterocycles. The van der Waals surface area contributed by atoms with Crippen molar-refractivity contribution in [1.29, 1.82) is 0 Å². The summed E-state index contributed by atoms with van der Waals surface area (Å²) in [6, 6.07) is 2.54. The summed E-state index contributed by atoms with van der Waals surface area (Å²) in [6.07, 6.45) is 6.39. The number of rotatable bonds is 3. The molecule has 118 valence electrons. The molecule has 2 fully saturated rings. The van der Waals surface area contributed by atoms with Crippen LogP contribution in [0.25, 0.3) is 0 Å². The van der Waals surface area contributed by atoms with Crippen LogP contribution in [0, 0.1) is 0 Å². The Morgan fingerprint density at radius 3 is 2.90 bits per heavy atom. The number of piperidine rings is 1. The minimum absolute atomic E-state index is 0. The monoisotopic (exact) mass is 330 g/mol. The lowest BCUT2D eigenvalue weighted by Crippen LogP contribution is -2.37. The van der Waals surface area contributed by atoms with Gasteiger partial charge in [0, 0.05) is 18.8 Å². The highest BCUT2D eigenvalue weighted by molar-refractivity contribution is 7.99. The van der Waals surface area contributed by atoms with Crippen molar-refractivity contribution in [2.75, 3.05) is 24.6 Å². The highest BCUT2D eigenvalue weighted by Crippen LogP contribution is 2.18. The van der Waals surface area contributed by atoms with Crippen LogP contribution in [-0.2, 0) is 0 Å². The molecule has 0 spiro atoms. The Labute approximate surface area is 136 Å². The fraction of sp³-hybridized carbons (Fsp3) is 0.714. The van der Waals surface area contributed by atoms with Crippen LogP contribution in [0.4, 0.5) is 0 Å². The van der Waals surface area contributed by atoms with Gasteiger partial charge in [0.2, 0.25) is 0 Å². The Balaban J connectivity index is 0.00000161. The Morgan fingerprint density at radius 2 is 2.19 bits per heavy atom. The number of amides is 1. The Bertz CT molecular complexity index is 456. The van der Waals surface area contributed by atoms with Crippen LogP contribution in [0.5, 0.6) is 0 Å². The van der Waals surface area contributed by atoms with Gasteiger partial charge in [0.05, 0.1) is 6.04 Å². The molecular formula is C14H23ClN4OS. The van der Waals surface area contributed by atoms with Crippen LogP contribution >= 0.6 is 24.2 Å². The van der Waals surface area contributed by atoms with E-state index in [4.69, 9.17) is 0 Å². The largest absolute Gasteiger partial charge is 0.348 e. The van der Waals surface area contributed by atoms with E-state index in [1.54, 1.807) is 0 Å².